The Morgan fingerprint density at radius 2 is 2.11 bits per heavy atom. The zero-order valence-corrected chi connectivity index (χ0v) is 11.2. The Bertz CT molecular complexity index is 565. The molecule has 0 fully saturated rings. The van der Waals surface area contributed by atoms with Crippen LogP contribution in [0.1, 0.15) is 20.3 Å². The van der Waals surface area contributed by atoms with Crippen LogP contribution in [0, 0.1) is 0 Å². The van der Waals surface area contributed by atoms with E-state index in [0.29, 0.717) is 12.4 Å². The van der Waals surface area contributed by atoms with Crippen molar-refractivity contribution in [3.63, 3.8) is 0 Å². The van der Waals surface area contributed by atoms with Gasteiger partial charge in [-0.05, 0) is 25.5 Å². The topological polar surface area (TPSA) is 66.9 Å². The lowest BCUT2D eigenvalue weighted by Crippen LogP contribution is -2.38. The third-order valence-corrected chi connectivity index (χ3v) is 2.84. The molecule has 0 radical (unpaired) electrons. The molecule has 1 amide bonds. The fourth-order valence-electron chi connectivity index (χ4n) is 1.79. The number of rotatable bonds is 5. The lowest BCUT2D eigenvalue weighted by Gasteiger charge is -2.15. The molecule has 1 heterocycles. The molecule has 0 aliphatic carbocycles. The zero-order chi connectivity index (χ0) is 13.7. The van der Waals surface area contributed by atoms with Gasteiger partial charge in [0.15, 0.2) is 0 Å². The highest BCUT2D eigenvalue weighted by Crippen LogP contribution is 2.18. The monoisotopic (exact) mass is 258 g/mol. The molecule has 1 atom stereocenters. The molecule has 0 spiro atoms. The number of benzene rings is 1. The van der Waals surface area contributed by atoms with E-state index in [-0.39, 0.29) is 11.9 Å². The SMILES string of the molecule is CCCNC(=O)C(C)Nc1ncnc2ccccc12. The van der Waals surface area contributed by atoms with Crippen molar-refractivity contribution in [2.45, 2.75) is 26.3 Å². The Balaban J connectivity index is 2.15. The molecular formula is C14H18N4O. The molecule has 1 unspecified atom stereocenters. The van der Waals surface area contributed by atoms with Crippen LogP contribution in [-0.2, 0) is 4.79 Å². The first-order valence-electron chi connectivity index (χ1n) is 6.46. The van der Waals surface area contributed by atoms with E-state index in [1.165, 1.54) is 6.33 Å². The van der Waals surface area contributed by atoms with Crippen LogP contribution >= 0.6 is 0 Å². The summed E-state index contributed by atoms with van der Waals surface area (Å²) in [5, 5.41) is 6.90. The van der Waals surface area contributed by atoms with Gasteiger partial charge in [-0.25, -0.2) is 9.97 Å². The van der Waals surface area contributed by atoms with Crippen molar-refractivity contribution in [1.82, 2.24) is 15.3 Å². The Labute approximate surface area is 112 Å². The molecule has 1 aromatic carbocycles. The first-order valence-corrected chi connectivity index (χ1v) is 6.46. The van der Waals surface area contributed by atoms with Crippen LogP contribution in [0.15, 0.2) is 30.6 Å². The molecule has 2 N–H and O–H groups in total. The summed E-state index contributed by atoms with van der Waals surface area (Å²) in [4.78, 5) is 20.2. The van der Waals surface area contributed by atoms with Gasteiger partial charge in [0.1, 0.15) is 18.2 Å². The van der Waals surface area contributed by atoms with Crippen molar-refractivity contribution >= 4 is 22.6 Å². The third kappa shape index (κ3) is 3.19. The quantitative estimate of drug-likeness (QED) is 0.860. The molecule has 100 valence electrons. The van der Waals surface area contributed by atoms with Gasteiger partial charge in [-0.3, -0.25) is 4.79 Å². The van der Waals surface area contributed by atoms with E-state index in [2.05, 4.69) is 20.6 Å². The Morgan fingerprint density at radius 1 is 1.32 bits per heavy atom. The van der Waals surface area contributed by atoms with Gasteiger partial charge in [0.25, 0.3) is 0 Å². The zero-order valence-electron chi connectivity index (χ0n) is 11.2. The van der Waals surface area contributed by atoms with Gasteiger partial charge in [0, 0.05) is 11.9 Å². The molecule has 0 aliphatic rings. The van der Waals surface area contributed by atoms with Crippen molar-refractivity contribution in [3.05, 3.63) is 30.6 Å². The Morgan fingerprint density at radius 3 is 2.89 bits per heavy atom. The van der Waals surface area contributed by atoms with E-state index in [1.54, 1.807) is 0 Å². The molecule has 2 aromatic rings. The van der Waals surface area contributed by atoms with Crippen molar-refractivity contribution in [2.24, 2.45) is 0 Å². The standard InChI is InChI=1S/C14H18N4O/c1-3-8-15-14(19)10(2)18-13-11-6-4-5-7-12(11)16-9-17-13/h4-7,9-10H,3,8H2,1-2H3,(H,15,19)(H,16,17,18). The number of hydrogen-bond donors (Lipinski definition) is 2. The van der Waals surface area contributed by atoms with Crippen molar-refractivity contribution in [1.29, 1.82) is 0 Å². The van der Waals surface area contributed by atoms with Crippen LogP contribution in [0.2, 0.25) is 0 Å². The first kappa shape index (κ1) is 13.3. The highest BCUT2D eigenvalue weighted by molar-refractivity contribution is 5.91. The second-order valence-corrected chi connectivity index (χ2v) is 4.40. The van der Waals surface area contributed by atoms with Gasteiger partial charge in [0.2, 0.25) is 5.91 Å². The largest absolute Gasteiger partial charge is 0.358 e. The normalized spacial score (nSPS) is 12.1. The van der Waals surface area contributed by atoms with E-state index in [1.807, 2.05) is 38.1 Å². The predicted molar refractivity (Wildman–Crippen MR) is 75.9 cm³/mol. The molecule has 5 nitrogen and oxygen atoms in total. The summed E-state index contributed by atoms with van der Waals surface area (Å²) in [5.41, 5.74) is 0.862. The van der Waals surface area contributed by atoms with Crippen molar-refractivity contribution in [2.75, 3.05) is 11.9 Å². The minimum absolute atomic E-state index is 0.0236. The van der Waals surface area contributed by atoms with Crippen molar-refractivity contribution < 1.29 is 4.79 Å². The number of anilines is 1. The van der Waals surface area contributed by atoms with Gasteiger partial charge >= 0.3 is 0 Å². The summed E-state index contributed by atoms with van der Waals surface area (Å²) >= 11 is 0. The predicted octanol–water partition coefficient (Wildman–Crippen LogP) is 1.96. The molecule has 19 heavy (non-hydrogen) atoms. The average Bonchev–Trinajstić information content (AvgIpc) is 2.45. The number of nitrogens with zero attached hydrogens (tertiary/aromatic N) is 2. The number of amides is 1. The van der Waals surface area contributed by atoms with Gasteiger partial charge in [-0.1, -0.05) is 19.1 Å². The van der Waals surface area contributed by atoms with E-state index in [0.717, 1.165) is 17.3 Å². The molecule has 0 aliphatic heterocycles. The molecule has 2 rings (SSSR count). The van der Waals surface area contributed by atoms with Crippen LogP contribution in [0.3, 0.4) is 0 Å². The van der Waals surface area contributed by atoms with E-state index in [4.69, 9.17) is 0 Å². The number of nitrogens with one attached hydrogen (secondary N) is 2. The number of aromatic nitrogens is 2. The minimum Gasteiger partial charge on any atom is -0.358 e. The van der Waals surface area contributed by atoms with Crippen LogP contribution in [0.4, 0.5) is 5.82 Å². The Kier molecular flexibility index (Phi) is 4.28. The Hall–Kier alpha value is -2.17. The van der Waals surface area contributed by atoms with Gasteiger partial charge < -0.3 is 10.6 Å². The van der Waals surface area contributed by atoms with Crippen LogP contribution < -0.4 is 10.6 Å². The summed E-state index contributed by atoms with van der Waals surface area (Å²) in [6.07, 6.45) is 2.43. The van der Waals surface area contributed by atoms with E-state index < -0.39 is 0 Å². The fourth-order valence-corrected chi connectivity index (χ4v) is 1.79. The second-order valence-electron chi connectivity index (χ2n) is 4.40. The number of carbonyl (C=O) groups excluding carboxylic acids is 1. The number of para-hydroxylation sites is 1. The fraction of sp³-hybridized carbons (Fsp3) is 0.357. The van der Waals surface area contributed by atoms with E-state index >= 15 is 0 Å². The molecule has 0 saturated carbocycles. The third-order valence-electron chi connectivity index (χ3n) is 2.84. The molecule has 0 saturated heterocycles. The molecule has 1 aromatic heterocycles. The van der Waals surface area contributed by atoms with Crippen LogP contribution in [0.25, 0.3) is 10.9 Å². The first-order chi connectivity index (χ1) is 9.22. The number of carbonyl (C=O) groups is 1. The van der Waals surface area contributed by atoms with Crippen LogP contribution in [-0.4, -0.2) is 28.5 Å². The maximum Gasteiger partial charge on any atom is 0.242 e. The molecular weight excluding hydrogens is 240 g/mol. The summed E-state index contributed by atoms with van der Waals surface area (Å²) < 4.78 is 0. The van der Waals surface area contributed by atoms with E-state index in [9.17, 15) is 4.79 Å². The summed E-state index contributed by atoms with van der Waals surface area (Å²) in [6.45, 7) is 4.54. The second kappa shape index (κ2) is 6.13. The summed E-state index contributed by atoms with van der Waals surface area (Å²) in [7, 11) is 0. The van der Waals surface area contributed by atoms with Gasteiger partial charge in [-0.15, -0.1) is 0 Å². The smallest absolute Gasteiger partial charge is 0.242 e. The average molecular weight is 258 g/mol. The lowest BCUT2D eigenvalue weighted by molar-refractivity contribution is -0.121. The highest BCUT2D eigenvalue weighted by atomic mass is 16.2. The summed E-state index contributed by atoms with van der Waals surface area (Å²) in [5.74, 6) is 0.661. The van der Waals surface area contributed by atoms with Gasteiger partial charge in [-0.2, -0.15) is 0 Å². The minimum atomic E-state index is -0.329. The summed E-state index contributed by atoms with van der Waals surface area (Å²) in [6, 6.07) is 7.39. The number of fused-ring (bicyclic) bond motifs is 1. The van der Waals surface area contributed by atoms with Crippen molar-refractivity contribution in [3.8, 4) is 0 Å². The lowest BCUT2D eigenvalue weighted by atomic mass is 10.2. The maximum absolute atomic E-state index is 11.8. The molecule has 5 heteroatoms. The molecule has 0 bridgehead atoms. The maximum atomic E-state index is 11.8. The van der Waals surface area contributed by atoms with Crippen LogP contribution in [0.5, 0.6) is 0 Å². The van der Waals surface area contributed by atoms with Gasteiger partial charge in [0.05, 0.1) is 5.52 Å². The number of hydrogen-bond acceptors (Lipinski definition) is 4. The highest BCUT2D eigenvalue weighted by Gasteiger charge is 2.13.